The van der Waals surface area contributed by atoms with E-state index in [1.807, 2.05) is 0 Å². The van der Waals surface area contributed by atoms with Crippen LogP contribution in [0.2, 0.25) is 10.0 Å². The van der Waals surface area contributed by atoms with Crippen LogP contribution in [0.25, 0.3) is 0 Å². The Kier molecular flexibility index (Phi) is 5.26. The van der Waals surface area contributed by atoms with Gasteiger partial charge in [-0.15, -0.1) is 0 Å². The Bertz CT molecular complexity index is 856. The van der Waals surface area contributed by atoms with E-state index in [1.165, 1.54) is 13.1 Å². The van der Waals surface area contributed by atoms with E-state index in [0.29, 0.717) is 10.6 Å². The summed E-state index contributed by atoms with van der Waals surface area (Å²) in [6, 6.07) is 10.2. The summed E-state index contributed by atoms with van der Waals surface area (Å²) < 4.78 is 26.2. The molecule has 2 aromatic rings. The van der Waals surface area contributed by atoms with Crippen LogP contribution in [0, 0.1) is 10.1 Å². The SMILES string of the molecule is CN(Cc1ccccc1Cl)S(=O)(=O)c1ccc(Cl)cc1[N+](=O)[O-]. The number of sulfonamides is 1. The lowest BCUT2D eigenvalue weighted by Gasteiger charge is -2.18. The summed E-state index contributed by atoms with van der Waals surface area (Å²) >= 11 is 11.7. The third-order valence-electron chi connectivity index (χ3n) is 3.16. The van der Waals surface area contributed by atoms with Gasteiger partial charge in [0.15, 0.2) is 4.90 Å². The van der Waals surface area contributed by atoms with E-state index in [2.05, 4.69) is 0 Å². The monoisotopic (exact) mass is 374 g/mol. The van der Waals surface area contributed by atoms with E-state index in [-0.39, 0.29) is 11.6 Å². The van der Waals surface area contributed by atoms with Gasteiger partial charge >= 0.3 is 0 Å². The first-order valence-electron chi connectivity index (χ1n) is 6.37. The molecule has 0 amide bonds. The van der Waals surface area contributed by atoms with Crippen LogP contribution in [-0.4, -0.2) is 24.7 Å². The molecule has 2 rings (SSSR count). The Morgan fingerprint density at radius 1 is 1.17 bits per heavy atom. The molecule has 0 radical (unpaired) electrons. The van der Waals surface area contributed by atoms with Crippen LogP contribution in [0.1, 0.15) is 5.56 Å². The van der Waals surface area contributed by atoms with Crippen LogP contribution in [0.15, 0.2) is 47.4 Å². The molecule has 0 N–H and O–H groups in total. The topological polar surface area (TPSA) is 80.5 Å². The summed E-state index contributed by atoms with van der Waals surface area (Å²) in [4.78, 5) is 9.91. The lowest BCUT2D eigenvalue weighted by molar-refractivity contribution is -0.387. The summed E-state index contributed by atoms with van der Waals surface area (Å²) in [5.74, 6) is 0. The third kappa shape index (κ3) is 3.81. The van der Waals surface area contributed by atoms with E-state index in [9.17, 15) is 18.5 Å². The zero-order valence-corrected chi connectivity index (χ0v) is 14.3. The first-order valence-corrected chi connectivity index (χ1v) is 8.57. The maximum Gasteiger partial charge on any atom is 0.290 e. The molecule has 0 aliphatic carbocycles. The molecule has 9 heteroatoms. The fourth-order valence-electron chi connectivity index (χ4n) is 1.97. The number of nitro benzene ring substituents is 1. The summed E-state index contributed by atoms with van der Waals surface area (Å²) in [5, 5.41) is 11.6. The van der Waals surface area contributed by atoms with E-state index < -0.39 is 25.5 Å². The van der Waals surface area contributed by atoms with Crippen molar-refractivity contribution >= 4 is 38.9 Å². The number of nitro groups is 1. The lowest BCUT2D eigenvalue weighted by atomic mass is 10.2. The minimum absolute atomic E-state index is 0.0121. The second-order valence-corrected chi connectivity index (χ2v) is 7.58. The highest BCUT2D eigenvalue weighted by atomic mass is 35.5. The molecule has 0 saturated heterocycles. The number of hydrogen-bond acceptors (Lipinski definition) is 4. The van der Waals surface area contributed by atoms with Crippen molar-refractivity contribution in [3.8, 4) is 0 Å². The third-order valence-corrected chi connectivity index (χ3v) is 5.61. The van der Waals surface area contributed by atoms with Crippen molar-refractivity contribution in [3.05, 3.63) is 68.2 Å². The van der Waals surface area contributed by atoms with Crippen molar-refractivity contribution in [1.29, 1.82) is 0 Å². The summed E-state index contributed by atoms with van der Waals surface area (Å²) in [6.45, 7) is -0.0121. The van der Waals surface area contributed by atoms with Crippen LogP contribution in [0.5, 0.6) is 0 Å². The summed E-state index contributed by atoms with van der Waals surface area (Å²) in [7, 11) is -2.74. The van der Waals surface area contributed by atoms with Gasteiger partial charge in [0.2, 0.25) is 10.0 Å². The van der Waals surface area contributed by atoms with Crippen LogP contribution >= 0.6 is 23.2 Å². The van der Waals surface area contributed by atoms with Gasteiger partial charge in [-0.2, -0.15) is 4.31 Å². The van der Waals surface area contributed by atoms with Crippen molar-refractivity contribution in [1.82, 2.24) is 4.31 Å². The van der Waals surface area contributed by atoms with E-state index in [1.54, 1.807) is 24.3 Å². The minimum Gasteiger partial charge on any atom is -0.258 e. The molecule has 0 heterocycles. The van der Waals surface area contributed by atoms with Gasteiger partial charge in [0.25, 0.3) is 5.69 Å². The highest BCUT2D eigenvalue weighted by Crippen LogP contribution is 2.30. The Morgan fingerprint density at radius 3 is 2.43 bits per heavy atom. The maximum atomic E-state index is 12.6. The lowest BCUT2D eigenvalue weighted by Crippen LogP contribution is -2.27. The second-order valence-electron chi connectivity index (χ2n) is 4.72. The normalized spacial score (nSPS) is 11.7. The van der Waals surface area contributed by atoms with Crippen molar-refractivity contribution in [2.24, 2.45) is 0 Å². The Labute approximate surface area is 143 Å². The highest BCUT2D eigenvalue weighted by molar-refractivity contribution is 7.89. The molecule has 2 aromatic carbocycles. The van der Waals surface area contributed by atoms with Crippen molar-refractivity contribution < 1.29 is 13.3 Å². The van der Waals surface area contributed by atoms with Gasteiger partial charge in [-0.05, 0) is 23.8 Å². The molecular formula is C14H12Cl2N2O4S. The molecule has 0 bridgehead atoms. The van der Waals surface area contributed by atoms with E-state index >= 15 is 0 Å². The molecule has 23 heavy (non-hydrogen) atoms. The number of benzene rings is 2. The molecule has 0 unspecified atom stereocenters. The molecule has 0 spiro atoms. The standard InChI is InChI=1S/C14H12Cl2N2O4S/c1-17(9-10-4-2-3-5-12(10)16)23(21,22)14-7-6-11(15)8-13(14)18(19)20/h2-8H,9H2,1H3. The van der Waals surface area contributed by atoms with Crippen molar-refractivity contribution in [3.63, 3.8) is 0 Å². The smallest absolute Gasteiger partial charge is 0.258 e. The Hall–Kier alpha value is -1.67. The average molecular weight is 375 g/mol. The quantitative estimate of drug-likeness (QED) is 0.589. The van der Waals surface area contributed by atoms with Crippen LogP contribution in [0.4, 0.5) is 5.69 Å². The van der Waals surface area contributed by atoms with Gasteiger partial charge in [0, 0.05) is 29.7 Å². The van der Waals surface area contributed by atoms with E-state index in [0.717, 1.165) is 16.4 Å². The fourth-order valence-corrected chi connectivity index (χ4v) is 3.62. The largest absolute Gasteiger partial charge is 0.290 e. The fraction of sp³-hybridized carbons (Fsp3) is 0.143. The van der Waals surface area contributed by atoms with Crippen LogP contribution < -0.4 is 0 Å². The van der Waals surface area contributed by atoms with Crippen molar-refractivity contribution in [2.45, 2.75) is 11.4 Å². The minimum atomic E-state index is -4.07. The second kappa shape index (κ2) is 6.84. The van der Waals surface area contributed by atoms with Gasteiger partial charge < -0.3 is 0 Å². The Balaban J connectivity index is 2.42. The zero-order valence-electron chi connectivity index (χ0n) is 11.9. The molecule has 122 valence electrons. The molecule has 0 aliphatic heterocycles. The highest BCUT2D eigenvalue weighted by Gasteiger charge is 2.30. The molecule has 0 saturated carbocycles. The number of rotatable bonds is 5. The molecule has 6 nitrogen and oxygen atoms in total. The summed E-state index contributed by atoms with van der Waals surface area (Å²) in [5.41, 5.74) is 0.0281. The molecule has 0 atom stereocenters. The Morgan fingerprint density at radius 2 is 1.83 bits per heavy atom. The average Bonchev–Trinajstić information content (AvgIpc) is 2.49. The van der Waals surface area contributed by atoms with Gasteiger partial charge in [0.1, 0.15) is 0 Å². The first kappa shape index (κ1) is 17.7. The van der Waals surface area contributed by atoms with Gasteiger partial charge in [-0.25, -0.2) is 8.42 Å². The summed E-state index contributed by atoms with van der Waals surface area (Å²) in [6.07, 6.45) is 0. The molecule has 0 aromatic heterocycles. The molecule has 0 aliphatic rings. The van der Waals surface area contributed by atoms with Gasteiger partial charge in [-0.1, -0.05) is 41.4 Å². The van der Waals surface area contributed by atoms with Gasteiger partial charge in [0.05, 0.1) is 4.92 Å². The van der Waals surface area contributed by atoms with Crippen LogP contribution in [-0.2, 0) is 16.6 Å². The molecule has 0 fully saturated rings. The van der Waals surface area contributed by atoms with Crippen molar-refractivity contribution in [2.75, 3.05) is 7.05 Å². The first-order chi connectivity index (χ1) is 10.7. The maximum absolute atomic E-state index is 12.6. The van der Waals surface area contributed by atoms with Gasteiger partial charge in [-0.3, -0.25) is 10.1 Å². The number of nitrogens with zero attached hydrogens (tertiary/aromatic N) is 2. The molecular weight excluding hydrogens is 363 g/mol. The van der Waals surface area contributed by atoms with E-state index in [4.69, 9.17) is 23.2 Å². The zero-order chi connectivity index (χ0) is 17.2. The predicted octanol–water partition coefficient (Wildman–Crippen LogP) is 3.72. The number of halogens is 2. The number of hydrogen-bond donors (Lipinski definition) is 0. The predicted molar refractivity (Wildman–Crippen MR) is 88.2 cm³/mol. The van der Waals surface area contributed by atoms with Crippen LogP contribution in [0.3, 0.4) is 0 Å².